The van der Waals surface area contributed by atoms with Gasteiger partial charge in [-0.15, -0.1) is 0 Å². The molecule has 0 aliphatic carbocycles. The summed E-state index contributed by atoms with van der Waals surface area (Å²) in [6.45, 7) is 0.379. The lowest BCUT2D eigenvalue weighted by atomic mass is 10.1. The van der Waals surface area contributed by atoms with Crippen molar-refractivity contribution >= 4 is 21.8 Å². The largest absolute Gasteiger partial charge is 0.496 e. The topological polar surface area (TPSA) is 105 Å². The molecule has 2 amide bonds. The van der Waals surface area contributed by atoms with Crippen LogP contribution in [0.3, 0.4) is 0 Å². The van der Waals surface area contributed by atoms with Gasteiger partial charge in [-0.3, -0.25) is 4.55 Å². The molecular weight excluding hydrogens is 332 g/mol. The molecule has 2 rings (SSSR count). The van der Waals surface area contributed by atoms with E-state index in [0.29, 0.717) is 13.0 Å². The van der Waals surface area contributed by atoms with E-state index in [0.717, 1.165) is 11.3 Å². The lowest BCUT2D eigenvalue weighted by molar-refractivity contribution is 0.252. The normalized spacial score (nSPS) is 10.9. The Morgan fingerprint density at radius 2 is 1.92 bits per heavy atom. The fourth-order valence-electron chi connectivity index (χ4n) is 2.13. The van der Waals surface area contributed by atoms with Crippen molar-refractivity contribution in [3.63, 3.8) is 0 Å². The third kappa shape index (κ3) is 4.97. The zero-order valence-corrected chi connectivity index (χ0v) is 13.8. The number of amides is 2. The first-order chi connectivity index (χ1) is 11.4. The van der Waals surface area contributed by atoms with Gasteiger partial charge in [-0.2, -0.15) is 8.42 Å². The Bertz CT molecular complexity index is 821. The Labute approximate surface area is 140 Å². The van der Waals surface area contributed by atoms with Crippen LogP contribution < -0.4 is 15.4 Å². The van der Waals surface area contributed by atoms with Crippen molar-refractivity contribution in [2.45, 2.75) is 11.3 Å². The van der Waals surface area contributed by atoms with Crippen molar-refractivity contribution in [2.24, 2.45) is 0 Å². The standard InChI is InChI=1S/C16H18N2O5S/c1-23-15-8-3-2-5-12(15)9-10-17-16(19)18-13-6-4-7-14(11-13)24(20,21)22/h2-8,11H,9-10H2,1H3,(H2,17,18,19)(H,20,21,22). The average molecular weight is 350 g/mol. The Balaban J connectivity index is 1.90. The van der Waals surface area contributed by atoms with E-state index >= 15 is 0 Å². The molecule has 2 aromatic rings. The van der Waals surface area contributed by atoms with Gasteiger partial charge in [0.25, 0.3) is 10.1 Å². The molecule has 3 N–H and O–H groups in total. The van der Waals surface area contributed by atoms with Gasteiger partial charge < -0.3 is 15.4 Å². The number of carbonyl (C=O) groups is 1. The predicted molar refractivity (Wildman–Crippen MR) is 90.0 cm³/mol. The van der Waals surface area contributed by atoms with Crippen LogP contribution in [0.4, 0.5) is 10.5 Å². The first-order valence-corrected chi connectivity index (χ1v) is 8.58. The second-order valence-corrected chi connectivity index (χ2v) is 6.37. The molecule has 24 heavy (non-hydrogen) atoms. The molecule has 0 unspecified atom stereocenters. The summed E-state index contributed by atoms with van der Waals surface area (Å²) in [7, 11) is -2.72. The summed E-state index contributed by atoms with van der Waals surface area (Å²) in [5.41, 5.74) is 1.23. The third-order valence-corrected chi connectivity index (χ3v) is 4.11. The van der Waals surface area contributed by atoms with Gasteiger partial charge in [-0.25, -0.2) is 4.79 Å². The van der Waals surface area contributed by atoms with Crippen LogP contribution in [-0.4, -0.2) is 32.7 Å². The highest BCUT2D eigenvalue weighted by Crippen LogP contribution is 2.17. The number of nitrogens with one attached hydrogen (secondary N) is 2. The molecule has 0 atom stereocenters. The summed E-state index contributed by atoms with van der Waals surface area (Å²) in [5.74, 6) is 0.751. The minimum Gasteiger partial charge on any atom is -0.496 e. The van der Waals surface area contributed by atoms with E-state index in [1.165, 1.54) is 24.3 Å². The predicted octanol–water partition coefficient (Wildman–Crippen LogP) is 2.31. The molecule has 0 aliphatic heterocycles. The van der Waals surface area contributed by atoms with E-state index in [-0.39, 0.29) is 10.6 Å². The van der Waals surface area contributed by atoms with E-state index in [1.54, 1.807) is 7.11 Å². The van der Waals surface area contributed by atoms with Crippen LogP contribution >= 0.6 is 0 Å². The number of urea groups is 1. The maximum atomic E-state index is 11.9. The number of hydrogen-bond acceptors (Lipinski definition) is 4. The van der Waals surface area contributed by atoms with Gasteiger partial charge >= 0.3 is 6.03 Å². The van der Waals surface area contributed by atoms with Crippen LogP contribution in [0.15, 0.2) is 53.4 Å². The van der Waals surface area contributed by atoms with Crippen molar-refractivity contribution in [3.05, 3.63) is 54.1 Å². The molecule has 8 heteroatoms. The summed E-state index contributed by atoms with van der Waals surface area (Å²) in [5, 5.41) is 5.18. The maximum Gasteiger partial charge on any atom is 0.319 e. The highest BCUT2D eigenvalue weighted by atomic mass is 32.2. The van der Waals surface area contributed by atoms with Crippen LogP contribution in [-0.2, 0) is 16.5 Å². The number of benzene rings is 2. The SMILES string of the molecule is COc1ccccc1CCNC(=O)Nc1cccc(S(=O)(=O)O)c1. The minimum absolute atomic E-state index is 0.264. The van der Waals surface area contributed by atoms with Gasteiger partial charge in [-0.1, -0.05) is 24.3 Å². The van der Waals surface area contributed by atoms with Crippen LogP contribution in [0.1, 0.15) is 5.56 Å². The van der Waals surface area contributed by atoms with E-state index < -0.39 is 16.1 Å². The zero-order valence-electron chi connectivity index (χ0n) is 13.0. The van der Waals surface area contributed by atoms with E-state index in [9.17, 15) is 13.2 Å². The summed E-state index contributed by atoms with van der Waals surface area (Å²) in [4.78, 5) is 11.6. The van der Waals surface area contributed by atoms with Gasteiger partial charge in [0.1, 0.15) is 5.75 Å². The molecule has 2 aromatic carbocycles. The molecular formula is C16H18N2O5S. The second kappa shape index (κ2) is 7.80. The van der Waals surface area contributed by atoms with E-state index in [2.05, 4.69) is 10.6 Å². The summed E-state index contributed by atoms with van der Waals surface area (Å²) < 4.78 is 36.4. The number of ether oxygens (including phenoxy) is 1. The molecule has 0 aromatic heterocycles. The van der Waals surface area contributed by atoms with E-state index in [4.69, 9.17) is 9.29 Å². The highest BCUT2D eigenvalue weighted by Gasteiger charge is 2.10. The lowest BCUT2D eigenvalue weighted by Gasteiger charge is -2.10. The van der Waals surface area contributed by atoms with Crippen molar-refractivity contribution in [2.75, 3.05) is 19.0 Å². The fraction of sp³-hybridized carbons (Fsp3) is 0.188. The quantitative estimate of drug-likeness (QED) is 0.694. The zero-order chi connectivity index (χ0) is 17.6. The van der Waals surface area contributed by atoms with Crippen molar-refractivity contribution < 1.29 is 22.5 Å². The third-order valence-electron chi connectivity index (χ3n) is 3.26. The Morgan fingerprint density at radius 1 is 1.17 bits per heavy atom. The van der Waals surface area contributed by atoms with E-state index in [1.807, 2.05) is 24.3 Å². The van der Waals surface area contributed by atoms with Crippen molar-refractivity contribution in [1.29, 1.82) is 0 Å². The maximum absolute atomic E-state index is 11.9. The first kappa shape index (κ1) is 17.8. The van der Waals surface area contributed by atoms with Crippen LogP contribution in [0.25, 0.3) is 0 Å². The van der Waals surface area contributed by atoms with Crippen molar-refractivity contribution in [1.82, 2.24) is 5.32 Å². The minimum atomic E-state index is -4.31. The van der Waals surface area contributed by atoms with Gasteiger partial charge in [-0.05, 0) is 36.2 Å². The van der Waals surface area contributed by atoms with Gasteiger partial charge in [0, 0.05) is 12.2 Å². The molecule has 0 heterocycles. The summed E-state index contributed by atoms with van der Waals surface area (Å²) in [6, 6.07) is 12.4. The van der Waals surface area contributed by atoms with Gasteiger partial charge in [0.15, 0.2) is 0 Å². The van der Waals surface area contributed by atoms with Gasteiger partial charge in [0.2, 0.25) is 0 Å². The van der Waals surface area contributed by atoms with Crippen molar-refractivity contribution in [3.8, 4) is 5.75 Å². The molecule has 0 fully saturated rings. The van der Waals surface area contributed by atoms with Crippen LogP contribution in [0.2, 0.25) is 0 Å². The monoisotopic (exact) mass is 350 g/mol. The Morgan fingerprint density at radius 3 is 2.62 bits per heavy atom. The number of carbonyl (C=O) groups excluding carboxylic acids is 1. The average Bonchev–Trinajstić information content (AvgIpc) is 2.55. The summed E-state index contributed by atoms with van der Waals surface area (Å²) >= 11 is 0. The number of rotatable bonds is 6. The lowest BCUT2D eigenvalue weighted by Crippen LogP contribution is -2.30. The van der Waals surface area contributed by atoms with Crippen LogP contribution in [0.5, 0.6) is 5.75 Å². The molecule has 0 radical (unpaired) electrons. The number of anilines is 1. The number of hydrogen-bond donors (Lipinski definition) is 3. The molecule has 0 bridgehead atoms. The molecule has 0 saturated carbocycles. The molecule has 128 valence electrons. The summed E-state index contributed by atoms with van der Waals surface area (Å²) in [6.07, 6.45) is 0.586. The second-order valence-electron chi connectivity index (χ2n) is 4.95. The fourth-order valence-corrected chi connectivity index (χ4v) is 2.66. The molecule has 7 nitrogen and oxygen atoms in total. The molecule has 0 saturated heterocycles. The molecule has 0 spiro atoms. The smallest absolute Gasteiger partial charge is 0.319 e. The van der Waals surface area contributed by atoms with Crippen LogP contribution in [0, 0.1) is 0 Å². The highest BCUT2D eigenvalue weighted by molar-refractivity contribution is 7.85. The van der Waals surface area contributed by atoms with Gasteiger partial charge in [0.05, 0.1) is 12.0 Å². The molecule has 0 aliphatic rings. The number of para-hydroxylation sites is 1. The number of methoxy groups -OCH3 is 1. The first-order valence-electron chi connectivity index (χ1n) is 7.14. The Kier molecular flexibility index (Phi) is 5.78. The Hall–Kier alpha value is -2.58.